The van der Waals surface area contributed by atoms with E-state index in [0.717, 1.165) is 30.0 Å². The highest BCUT2D eigenvalue weighted by atomic mass is 32.1. The molecule has 1 aliphatic rings. The summed E-state index contributed by atoms with van der Waals surface area (Å²) in [6, 6.07) is 8.13. The highest BCUT2D eigenvalue weighted by Crippen LogP contribution is 2.24. The maximum atomic E-state index is 11.8. The molecule has 0 saturated carbocycles. The molecule has 2 aromatic rings. The van der Waals surface area contributed by atoms with Gasteiger partial charge in [0.05, 0.1) is 15.2 Å². The van der Waals surface area contributed by atoms with Crippen molar-refractivity contribution in [1.82, 2.24) is 10.3 Å². The lowest BCUT2D eigenvalue weighted by Gasteiger charge is -2.20. The van der Waals surface area contributed by atoms with Gasteiger partial charge in [0.2, 0.25) is 0 Å². The Morgan fingerprint density at radius 1 is 1.41 bits per heavy atom. The van der Waals surface area contributed by atoms with Gasteiger partial charge in [-0.15, -0.1) is 11.3 Å². The van der Waals surface area contributed by atoms with Crippen molar-refractivity contribution < 1.29 is 4.79 Å². The molecule has 0 amide bonds. The van der Waals surface area contributed by atoms with Crippen LogP contribution in [-0.4, -0.2) is 23.9 Å². The van der Waals surface area contributed by atoms with Gasteiger partial charge in [0.15, 0.2) is 0 Å². The highest BCUT2D eigenvalue weighted by molar-refractivity contribution is 7.18. The monoisotopic (exact) mass is 246 g/mol. The summed E-state index contributed by atoms with van der Waals surface area (Å²) in [7, 11) is 0. The van der Waals surface area contributed by atoms with E-state index < -0.39 is 0 Å². The zero-order chi connectivity index (χ0) is 11.7. The Morgan fingerprint density at radius 3 is 3.12 bits per heavy atom. The first kappa shape index (κ1) is 10.9. The first-order valence-corrected chi connectivity index (χ1v) is 6.72. The number of Topliss-reactive ketones (excluding diaryl/α,β-unsaturated/α-hetero) is 1. The number of hydrogen-bond donors (Lipinski definition) is 1. The topological polar surface area (TPSA) is 42.0 Å². The Hall–Kier alpha value is -1.26. The van der Waals surface area contributed by atoms with Crippen LogP contribution in [0.15, 0.2) is 24.3 Å². The Labute approximate surface area is 104 Å². The van der Waals surface area contributed by atoms with Crippen molar-refractivity contribution in [3.8, 4) is 0 Å². The quantitative estimate of drug-likeness (QED) is 0.881. The van der Waals surface area contributed by atoms with E-state index in [0.29, 0.717) is 12.2 Å². The Balaban J connectivity index is 1.82. The molecule has 3 nitrogen and oxygen atoms in total. The molecule has 1 N–H and O–H groups in total. The predicted molar refractivity (Wildman–Crippen MR) is 69.3 cm³/mol. The largest absolute Gasteiger partial charge is 0.316 e. The Morgan fingerprint density at radius 2 is 2.29 bits per heavy atom. The lowest BCUT2D eigenvalue weighted by molar-refractivity contribution is -0.123. The highest BCUT2D eigenvalue weighted by Gasteiger charge is 2.23. The minimum atomic E-state index is 0.115. The number of benzene rings is 1. The lowest BCUT2D eigenvalue weighted by Crippen LogP contribution is -2.37. The van der Waals surface area contributed by atoms with Gasteiger partial charge in [-0.1, -0.05) is 12.1 Å². The van der Waals surface area contributed by atoms with E-state index in [1.807, 2.05) is 18.2 Å². The van der Waals surface area contributed by atoms with Gasteiger partial charge < -0.3 is 5.32 Å². The lowest BCUT2D eigenvalue weighted by atomic mass is 9.95. The molecule has 1 unspecified atom stereocenters. The van der Waals surface area contributed by atoms with Crippen LogP contribution in [-0.2, 0) is 11.2 Å². The minimum absolute atomic E-state index is 0.115. The second kappa shape index (κ2) is 4.55. The normalized spacial score (nSPS) is 20.9. The van der Waals surface area contributed by atoms with Crippen LogP contribution in [0.3, 0.4) is 0 Å². The maximum Gasteiger partial charge on any atom is 0.138 e. The molecule has 1 aromatic heterocycles. The van der Waals surface area contributed by atoms with E-state index in [2.05, 4.69) is 16.4 Å². The summed E-state index contributed by atoms with van der Waals surface area (Å²) in [4.78, 5) is 16.3. The minimum Gasteiger partial charge on any atom is -0.316 e. The number of ketones is 1. The summed E-state index contributed by atoms with van der Waals surface area (Å²) in [5.74, 6) is 0.493. The number of carbonyl (C=O) groups excluding carboxylic acids is 1. The first-order chi connectivity index (χ1) is 8.33. The van der Waals surface area contributed by atoms with E-state index in [4.69, 9.17) is 0 Å². The number of para-hydroxylation sites is 1. The molecule has 0 aliphatic carbocycles. The molecule has 0 spiro atoms. The van der Waals surface area contributed by atoms with Gasteiger partial charge in [-0.05, 0) is 12.1 Å². The maximum absolute atomic E-state index is 11.8. The van der Waals surface area contributed by atoms with Gasteiger partial charge in [0, 0.05) is 31.8 Å². The van der Waals surface area contributed by atoms with Crippen molar-refractivity contribution in [3.63, 3.8) is 0 Å². The second-order valence-corrected chi connectivity index (χ2v) is 5.51. The fraction of sp³-hybridized carbons (Fsp3) is 0.385. The Kier molecular flexibility index (Phi) is 2.91. The fourth-order valence-electron chi connectivity index (χ4n) is 2.21. The van der Waals surface area contributed by atoms with Crippen LogP contribution in [0.25, 0.3) is 10.2 Å². The van der Waals surface area contributed by atoms with Crippen molar-refractivity contribution in [2.75, 3.05) is 13.1 Å². The van der Waals surface area contributed by atoms with Crippen LogP contribution in [0, 0.1) is 5.92 Å². The van der Waals surface area contributed by atoms with Crippen LogP contribution < -0.4 is 5.32 Å². The van der Waals surface area contributed by atoms with Crippen LogP contribution in [0.5, 0.6) is 0 Å². The standard InChI is InChI=1S/C13H14N2OS/c16-11-5-6-14-8-9(11)7-13-15-10-3-1-2-4-12(10)17-13/h1-4,9,14H,5-8H2. The zero-order valence-electron chi connectivity index (χ0n) is 9.48. The molecule has 1 fully saturated rings. The van der Waals surface area contributed by atoms with Crippen molar-refractivity contribution >= 4 is 27.3 Å². The summed E-state index contributed by atoms with van der Waals surface area (Å²) in [6.45, 7) is 1.63. The summed E-state index contributed by atoms with van der Waals surface area (Å²) in [5.41, 5.74) is 1.05. The third-order valence-electron chi connectivity index (χ3n) is 3.15. The number of carbonyl (C=O) groups is 1. The van der Waals surface area contributed by atoms with Gasteiger partial charge in [0.1, 0.15) is 5.78 Å². The second-order valence-electron chi connectivity index (χ2n) is 4.40. The Bertz CT molecular complexity index is 516. The van der Waals surface area contributed by atoms with E-state index in [9.17, 15) is 4.79 Å². The average Bonchev–Trinajstić information content (AvgIpc) is 2.74. The molecular formula is C13H14N2OS. The molecule has 17 heavy (non-hydrogen) atoms. The number of fused-ring (bicyclic) bond motifs is 1. The van der Waals surface area contributed by atoms with Crippen LogP contribution in [0.2, 0.25) is 0 Å². The van der Waals surface area contributed by atoms with Crippen LogP contribution in [0.1, 0.15) is 11.4 Å². The predicted octanol–water partition coefficient (Wildman–Crippen LogP) is 2.02. The molecule has 0 bridgehead atoms. The van der Waals surface area contributed by atoms with Crippen molar-refractivity contribution in [2.24, 2.45) is 5.92 Å². The number of hydrogen-bond acceptors (Lipinski definition) is 4. The molecule has 1 aliphatic heterocycles. The van der Waals surface area contributed by atoms with E-state index >= 15 is 0 Å². The average molecular weight is 246 g/mol. The third-order valence-corrected chi connectivity index (χ3v) is 4.21. The summed E-state index contributed by atoms with van der Waals surface area (Å²) in [5, 5.41) is 4.35. The van der Waals surface area contributed by atoms with E-state index in [1.54, 1.807) is 11.3 Å². The SMILES string of the molecule is O=C1CCNCC1Cc1nc2ccccc2s1. The molecular weight excluding hydrogens is 232 g/mol. The van der Waals surface area contributed by atoms with Crippen molar-refractivity contribution in [2.45, 2.75) is 12.8 Å². The van der Waals surface area contributed by atoms with Crippen molar-refractivity contribution in [1.29, 1.82) is 0 Å². The number of rotatable bonds is 2. The zero-order valence-corrected chi connectivity index (χ0v) is 10.3. The summed E-state index contributed by atoms with van der Waals surface area (Å²) in [6.07, 6.45) is 1.45. The number of nitrogens with zero attached hydrogens (tertiary/aromatic N) is 1. The number of nitrogens with one attached hydrogen (secondary N) is 1. The summed E-state index contributed by atoms with van der Waals surface area (Å²) >= 11 is 1.70. The van der Waals surface area contributed by atoms with Gasteiger partial charge >= 0.3 is 0 Å². The van der Waals surface area contributed by atoms with Gasteiger partial charge in [-0.2, -0.15) is 0 Å². The summed E-state index contributed by atoms with van der Waals surface area (Å²) < 4.78 is 1.21. The molecule has 1 atom stereocenters. The van der Waals surface area contributed by atoms with Crippen LogP contribution >= 0.6 is 11.3 Å². The van der Waals surface area contributed by atoms with E-state index in [-0.39, 0.29) is 5.92 Å². The molecule has 88 valence electrons. The van der Waals surface area contributed by atoms with E-state index in [1.165, 1.54) is 4.70 Å². The van der Waals surface area contributed by atoms with Gasteiger partial charge in [-0.3, -0.25) is 4.79 Å². The van der Waals surface area contributed by atoms with Gasteiger partial charge in [0.25, 0.3) is 0 Å². The van der Waals surface area contributed by atoms with Crippen molar-refractivity contribution in [3.05, 3.63) is 29.3 Å². The molecule has 2 heterocycles. The van der Waals surface area contributed by atoms with Crippen LogP contribution in [0.4, 0.5) is 0 Å². The third kappa shape index (κ3) is 2.23. The fourth-order valence-corrected chi connectivity index (χ4v) is 3.26. The molecule has 3 rings (SSSR count). The number of piperidine rings is 1. The molecule has 0 radical (unpaired) electrons. The molecule has 4 heteroatoms. The smallest absolute Gasteiger partial charge is 0.138 e. The van der Waals surface area contributed by atoms with Gasteiger partial charge in [-0.25, -0.2) is 4.98 Å². The first-order valence-electron chi connectivity index (χ1n) is 5.91. The molecule has 1 saturated heterocycles. The number of aromatic nitrogens is 1. The number of thiazole rings is 1. The molecule has 1 aromatic carbocycles.